The van der Waals surface area contributed by atoms with E-state index in [1.165, 1.54) is 0 Å². The highest BCUT2D eigenvalue weighted by Crippen LogP contribution is 2.26. The fourth-order valence-corrected chi connectivity index (χ4v) is 1.94. The SMILES string of the molecule is OC1CC(Oc2cnc3ccccc3c2)C1. The molecule has 0 saturated heterocycles. The van der Waals surface area contributed by atoms with Gasteiger partial charge in [-0.25, -0.2) is 0 Å². The Labute approximate surface area is 93.7 Å². The van der Waals surface area contributed by atoms with Gasteiger partial charge in [0.2, 0.25) is 0 Å². The summed E-state index contributed by atoms with van der Waals surface area (Å²) in [6, 6.07) is 9.95. The fourth-order valence-electron chi connectivity index (χ4n) is 1.94. The second kappa shape index (κ2) is 3.76. The molecule has 1 fully saturated rings. The van der Waals surface area contributed by atoms with Crippen molar-refractivity contribution in [3.8, 4) is 5.75 Å². The Hall–Kier alpha value is -1.61. The maximum absolute atomic E-state index is 9.17. The normalized spacial score (nSPS) is 24.1. The van der Waals surface area contributed by atoms with E-state index in [-0.39, 0.29) is 12.2 Å². The maximum Gasteiger partial charge on any atom is 0.138 e. The van der Waals surface area contributed by atoms with Crippen molar-refractivity contribution in [1.82, 2.24) is 4.98 Å². The van der Waals surface area contributed by atoms with Crippen molar-refractivity contribution in [2.45, 2.75) is 25.0 Å². The highest BCUT2D eigenvalue weighted by molar-refractivity contribution is 5.79. The van der Waals surface area contributed by atoms with Gasteiger partial charge in [0.1, 0.15) is 11.9 Å². The average Bonchev–Trinajstić information content (AvgIpc) is 2.27. The minimum atomic E-state index is -0.182. The molecule has 1 aromatic heterocycles. The van der Waals surface area contributed by atoms with Crippen molar-refractivity contribution in [3.63, 3.8) is 0 Å². The van der Waals surface area contributed by atoms with Gasteiger partial charge in [0.25, 0.3) is 0 Å². The Kier molecular flexibility index (Phi) is 2.26. The molecule has 3 rings (SSSR count). The molecule has 0 spiro atoms. The Morgan fingerprint density at radius 3 is 2.88 bits per heavy atom. The molecule has 2 aromatic rings. The third kappa shape index (κ3) is 1.74. The Morgan fingerprint density at radius 1 is 1.25 bits per heavy atom. The van der Waals surface area contributed by atoms with Gasteiger partial charge in [-0.15, -0.1) is 0 Å². The van der Waals surface area contributed by atoms with Gasteiger partial charge in [0.15, 0.2) is 0 Å². The standard InChI is InChI=1S/C13H13NO2/c15-10-6-11(7-10)16-12-5-9-3-1-2-4-13(9)14-8-12/h1-5,8,10-11,15H,6-7H2. The van der Waals surface area contributed by atoms with Crippen molar-refractivity contribution in [1.29, 1.82) is 0 Å². The molecule has 0 unspecified atom stereocenters. The van der Waals surface area contributed by atoms with Gasteiger partial charge in [-0.05, 0) is 12.1 Å². The van der Waals surface area contributed by atoms with Crippen molar-refractivity contribution >= 4 is 10.9 Å². The fraction of sp³-hybridized carbons (Fsp3) is 0.308. The predicted molar refractivity (Wildman–Crippen MR) is 61.4 cm³/mol. The lowest BCUT2D eigenvalue weighted by Gasteiger charge is -2.31. The molecule has 0 radical (unpaired) electrons. The van der Waals surface area contributed by atoms with Crippen LogP contribution in [0, 0.1) is 0 Å². The van der Waals surface area contributed by atoms with Crippen LogP contribution in [0.2, 0.25) is 0 Å². The van der Waals surface area contributed by atoms with E-state index in [1.54, 1.807) is 6.20 Å². The number of pyridine rings is 1. The number of fused-ring (bicyclic) bond motifs is 1. The number of rotatable bonds is 2. The van der Waals surface area contributed by atoms with Crippen molar-refractivity contribution < 1.29 is 9.84 Å². The van der Waals surface area contributed by atoms with E-state index >= 15 is 0 Å². The smallest absolute Gasteiger partial charge is 0.138 e. The van der Waals surface area contributed by atoms with Gasteiger partial charge < -0.3 is 9.84 Å². The number of hydrogen-bond acceptors (Lipinski definition) is 3. The Bertz CT molecular complexity index is 506. The molecule has 1 aromatic carbocycles. The molecule has 1 N–H and O–H groups in total. The Morgan fingerprint density at radius 2 is 2.06 bits per heavy atom. The molecule has 3 heteroatoms. The number of nitrogens with zero attached hydrogens (tertiary/aromatic N) is 1. The largest absolute Gasteiger partial charge is 0.489 e. The van der Waals surface area contributed by atoms with E-state index in [0.29, 0.717) is 0 Å². The average molecular weight is 215 g/mol. The first-order valence-corrected chi connectivity index (χ1v) is 5.51. The lowest BCUT2D eigenvalue weighted by atomic mass is 9.92. The second-order valence-electron chi connectivity index (χ2n) is 4.23. The quantitative estimate of drug-likeness (QED) is 0.834. The zero-order chi connectivity index (χ0) is 11.0. The molecule has 0 atom stereocenters. The molecule has 16 heavy (non-hydrogen) atoms. The van der Waals surface area contributed by atoms with Crippen LogP contribution in [0.3, 0.4) is 0 Å². The summed E-state index contributed by atoms with van der Waals surface area (Å²) in [5.41, 5.74) is 0.975. The lowest BCUT2D eigenvalue weighted by molar-refractivity contribution is -0.0108. The van der Waals surface area contributed by atoms with Gasteiger partial charge in [-0.1, -0.05) is 18.2 Å². The van der Waals surface area contributed by atoms with Gasteiger partial charge in [-0.3, -0.25) is 4.98 Å². The number of benzene rings is 1. The molecule has 1 aliphatic rings. The summed E-state index contributed by atoms with van der Waals surface area (Å²) < 4.78 is 5.71. The molecule has 0 aliphatic heterocycles. The summed E-state index contributed by atoms with van der Waals surface area (Å²) >= 11 is 0. The summed E-state index contributed by atoms with van der Waals surface area (Å²) in [5, 5.41) is 10.3. The highest BCUT2D eigenvalue weighted by atomic mass is 16.5. The van der Waals surface area contributed by atoms with E-state index < -0.39 is 0 Å². The van der Waals surface area contributed by atoms with Crippen molar-refractivity contribution in [2.24, 2.45) is 0 Å². The zero-order valence-corrected chi connectivity index (χ0v) is 8.84. The molecule has 0 amide bonds. The van der Waals surface area contributed by atoms with Gasteiger partial charge >= 0.3 is 0 Å². The van der Waals surface area contributed by atoms with Crippen molar-refractivity contribution in [3.05, 3.63) is 36.5 Å². The second-order valence-corrected chi connectivity index (χ2v) is 4.23. The highest BCUT2D eigenvalue weighted by Gasteiger charge is 2.28. The predicted octanol–water partition coefficient (Wildman–Crippen LogP) is 2.14. The molecule has 1 aliphatic carbocycles. The molecular formula is C13H13NO2. The molecular weight excluding hydrogens is 202 g/mol. The summed E-state index contributed by atoms with van der Waals surface area (Å²) in [6.45, 7) is 0. The minimum Gasteiger partial charge on any atom is -0.489 e. The summed E-state index contributed by atoms with van der Waals surface area (Å²) in [7, 11) is 0. The number of aliphatic hydroxyl groups is 1. The van der Waals surface area contributed by atoms with E-state index in [0.717, 1.165) is 29.5 Å². The number of aromatic nitrogens is 1. The Balaban J connectivity index is 1.82. The molecule has 3 nitrogen and oxygen atoms in total. The molecule has 82 valence electrons. The van der Waals surface area contributed by atoms with Gasteiger partial charge in [0, 0.05) is 18.2 Å². The maximum atomic E-state index is 9.17. The number of ether oxygens (including phenoxy) is 1. The van der Waals surface area contributed by atoms with Crippen LogP contribution >= 0.6 is 0 Å². The van der Waals surface area contributed by atoms with Crippen LogP contribution in [-0.4, -0.2) is 22.3 Å². The van der Waals surface area contributed by atoms with E-state index in [4.69, 9.17) is 4.74 Å². The first-order valence-electron chi connectivity index (χ1n) is 5.51. The summed E-state index contributed by atoms with van der Waals surface area (Å²) in [4.78, 5) is 4.32. The van der Waals surface area contributed by atoms with E-state index in [1.807, 2.05) is 30.3 Å². The summed E-state index contributed by atoms with van der Waals surface area (Å²) in [6.07, 6.45) is 3.17. The molecule has 1 heterocycles. The van der Waals surface area contributed by atoms with Gasteiger partial charge in [-0.2, -0.15) is 0 Å². The van der Waals surface area contributed by atoms with E-state index in [2.05, 4.69) is 4.98 Å². The van der Waals surface area contributed by atoms with Crippen LogP contribution < -0.4 is 4.74 Å². The lowest BCUT2D eigenvalue weighted by Crippen LogP contribution is -2.37. The zero-order valence-electron chi connectivity index (χ0n) is 8.84. The van der Waals surface area contributed by atoms with Crippen LogP contribution in [-0.2, 0) is 0 Å². The van der Waals surface area contributed by atoms with Crippen LogP contribution in [0.4, 0.5) is 0 Å². The summed E-state index contributed by atoms with van der Waals surface area (Å²) in [5.74, 6) is 0.788. The van der Waals surface area contributed by atoms with E-state index in [9.17, 15) is 5.11 Å². The van der Waals surface area contributed by atoms with Crippen LogP contribution in [0.5, 0.6) is 5.75 Å². The minimum absolute atomic E-state index is 0.151. The molecule has 0 bridgehead atoms. The van der Waals surface area contributed by atoms with Crippen molar-refractivity contribution in [2.75, 3.05) is 0 Å². The number of para-hydroxylation sites is 1. The topological polar surface area (TPSA) is 42.4 Å². The van der Waals surface area contributed by atoms with Crippen LogP contribution in [0.25, 0.3) is 10.9 Å². The monoisotopic (exact) mass is 215 g/mol. The third-order valence-corrected chi connectivity index (χ3v) is 2.94. The first-order chi connectivity index (χ1) is 7.81. The third-order valence-electron chi connectivity index (χ3n) is 2.94. The number of aliphatic hydroxyl groups excluding tert-OH is 1. The van der Waals surface area contributed by atoms with Gasteiger partial charge in [0.05, 0.1) is 17.8 Å². The first kappa shape index (κ1) is 9.60. The number of hydrogen-bond donors (Lipinski definition) is 1. The van der Waals surface area contributed by atoms with Crippen LogP contribution in [0.1, 0.15) is 12.8 Å². The molecule has 1 saturated carbocycles. The van der Waals surface area contributed by atoms with Crippen LogP contribution in [0.15, 0.2) is 36.5 Å².